The van der Waals surface area contributed by atoms with Crippen LogP contribution in [0.15, 0.2) is 66.8 Å². The molecule has 0 saturated carbocycles. The fourth-order valence-electron chi connectivity index (χ4n) is 3.65. The maximum absolute atomic E-state index is 5.68. The first-order valence-electron chi connectivity index (χ1n) is 8.55. The monoisotopic (exact) mass is 337 g/mol. The van der Waals surface area contributed by atoms with Gasteiger partial charge in [0.15, 0.2) is 0 Å². The molecular weight excluding hydrogens is 318 g/mol. The van der Waals surface area contributed by atoms with Crippen molar-refractivity contribution in [1.82, 2.24) is 4.57 Å². The smallest absolute Gasteiger partial charge is 0.128 e. The molecule has 0 N–H and O–H groups in total. The van der Waals surface area contributed by atoms with Crippen molar-refractivity contribution in [2.24, 2.45) is 0 Å². The third-order valence-electron chi connectivity index (χ3n) is 4.79. The highest BCUT2D eigenvalue weighted by atomic mass is 16.5. The maximum atomic E-state index is 5.68. The van der Waals surface area contributed by atoms with Crippen LogP contribution in [0.25, 0.3) is 28.7 Å². The van der Waals surface area contributed by atoms with Crippen molar-refractivity contribution in [2.45, 2.75) is 6.42 Å². The average molecular weight is 337 g/mol. The number of ether oxygens (including phenoxy) is 1. The van der Waals surface area contributed by atoms with E-state index < -0.39 is 0 Å². The van der Waals surface area contributed by atoms with Crippen molar-refractivity contribution < 1.29 is 4.74 Å². The predicted octanol–water partition coefficient (Wildman–Crippen LogP) is 5.41. The number of fused-ring (bicyclic) bond motifs is 3. The molecule has 4 rings (SSSR count). The largest absolute Gasteiger partial charge is 0.496 e. The van der Waals surface area contributed by atoms with Crippen LogP contribution in [-0.2, 0) is 6.42 Å². The highest BCUT2D eigenvalue weighted by molar-refractivity contribution is 6.00. The molecule has 0 radical (unpaired) electrons. The van der Waals surface area contributed by atoms with Gasteiger partial charge in [-0.25, -0.2) is 0 Å². The zero-order chi connectivity index (χ0) is 18.1. The van der Waals surface area contributed by atoms with Gasteiger partial charge in [0.1, 0.15) is 5.75 Å². The molecule has 26 heavy (non-hydrogen) atoms. The summed E-state index contributed by atoms with van der Waals surface area (Å²) in [5.74, 6) is 3.58. The lowest BCUT2D eigenvalue weighted by Gasteiger charge is -2.13. The first-order chi connectivity index (χ1) is 12.8. The van der Waals surface area contributed by atoms with Gasteiger partial charge in [0.25, 0.3) is 0 Å². The molecule has 0 bridgehead atoms. The van der Waals surface area contributed by atoms with Gasteiger partial charge in [0.05, 0.1) is 12.6 Å². The third kappa shape index (κ3) is 2.37. The average Bonchev–Trinajstić information content (AvgIpc) is 2.85. The third-order valence-corrected chi connectivity index (χ3v) is 4.79. The molecular formula is C24H19NO. The number of aromatic nitrogens is 1. The molecule has 2 nitrogen and oxygen atoms in total. The van der Waals surface area contributed by atoms with Gasteiger partial charge >= 0.3 is 0 Å². The molecule has 0 amide bonds. The van der Waals surface area contributed by atoms with Gasteiger partial charge in [-0.15, -0.1) is 6.42 Å². The molecule has 0 atom stereocenters. The molecule has 0 saturated heterocycles. The van der Waals surface area contributed by atoms with Gasteiger partial charge in [0, 0.05) is 39.9 Å². The van der Waals surface area contributed by atoms with Crippen LogP contribution in [-0.4, -0.2) is 11.7 Å². The van der Waals surface area contributed by atoms with Crippen LogP contribution in [0.3, 0.4) is 0 Å². The van der Waals surface area contributed by atoms with Crippen LogP contribution < -0.4 is 4.74 Å². The minimum atomic E-state index is 0.805. The Kier molecular flexibility index (Phi) is 3.99. The van der Waals surface area contributed by atoms with Crippen LogP contribution in [0, 0.1) is 12.3 Å². The minimum absolute atomic E-state index is 0.805. The number of methoxy groups -OCH3 is 1. The summed E-state index contributed by atoms with van der Waals surface area (Å²) in [6.45, 7) is 4.03. The Bertz CT molecular complexity index is 1100. The van der Waals surface area contributed by atoms with Gasteiger partial charge in [0.2, 0.25) is 0 Å². The maximum Gasteiger partial charge on any atom is 0.128 e. The summed E-state index contributed by atoms with van der Waals surface area (Å²) in [4.78, 5) is 0. The van der Waals surface area contributed by atoms with E-state index >= 15 is 0 Å². The Morgan fingerprint density at radius 3 is 2.69 bits per heavy atom. The SMILES string of the molecule is C#CC1=Cc2c(n(-c3ccccc3)c3c(C=C)c(OC)ccc23)CC=C1. The second kappa shape index (κ2) is 6.46. The summed E-state index contributed by atoms with van der Waals surface area (Å²) in [7, 11) is 1.69. The number of benzene rings is 2. The molecule has 0 fully saturated rings. The van der Waals surface area contributed by atoms with E-state index in [4.69, 9.17) is 11.2 Å². The zero-order valence-corrected chi connectivity index (χ0v) is 14.7. The van der Waals surface area contributed by atoms with E-state index in [1.807, 2.05) is 24.3 Å². The highest BCUT2D eigenvalue weighted by Crippen LogP contribution is 2.38. The van der Waals surface area contributed by atoms with E-state index in [-0.39, 0.29) is 0 Å². The van der Waals surface area contributed by atoms with E-state index in [1.165, 1.54) is 5.69 Å². The van der Waals surface area contributed by atoms with E-state index in [0.29, 0.717) is 0 Å². The Morgan fingerprint density at radius 1 is 1.19 bits per heavy atom. The number of para-hydroxylation sites is 1. The molecule has 126 valence electrons. The summed E-state index contributed by atoms with van der Waals surface area (Å²) >= 11 is 0. The molecule has 0 unspecified atom stereocenters. The normalized spacial score (nSPS) is 12.8. The Labute approximate surface area is 153 Å². The lowest BCUT2D eigenvalue weighted by Crippen LogP contribution is -2.01. The Hall–Kier alpha value is -3.44. The quantitative estimate of drug-likeness (QED) is 0.583. The second-order valence-corrected chi connectivity index (χ2v) is 6.16. The topological polar surface area (TPSA) is 14.2 Å². The van der Waals surface area contributed by atoms with Crippen molar-refractivity contribution in [2.75, 3.05) is 7.11 Å². The lowest BCUT2D eigenvalue weighted by molar-refractivity contribution is 0.414. The number of allylic oxidation sites excluding steroid dienone is 3. The highest BCUT2D eigenvalue weighted by Gasteiger charge is 2.21. The molecule has 1 aliphatic rings. The Morgan fingerprint density at radius 2 is 2.00 bits per heavy atom. The van der Waals surface area contributed by atoms with Gasteiger partial charge in [-0.05, 0) is 30.3 Å². The molecule has 1 aliphatic carbocycles. The summed E-state index contributed by atoms with van der Waals surface area (Å²) in [6, 6.07) is 14.5. The second-order valence-electron chi connectivity index (χ2n) is 6.16. The van der Waals surface area contributed by atoms with E-state index in [9.17, 15) is 0 Å². The van der Waals surface area contributed by atoms with Crippen LogP contribution >= 0.6 is 0 Å². The molecule has 2 heteroatoms. The van der Waals surface area contributed by atoms with E-state index in [0.717, 1.165) is 45.5 Å². The standard InChI is InChI=1S/C24H19NO/c1-4-17-10-9-13-22-21(16-17)20-14-15-23(26-3)19(5-2)24(20)25(22)18-11-7-6-8-12-18/h1,5-12,14-16H,2,13H2,3H3. The molecule has 1 aromatic heterocycles. The number of rotatable bonds is 3. The number of hydrogen-bond donors (Lipinski definition) is 0. The van der Waals surface area contributed by atoms with Crippen molar-refractivity contribution in [3.05, 3.63) is 83.6 Å². The van der Waals surface area contributed by atoms with Gasteiger partial charge in [-0.2, -0.15) is 0 Å². The molecule has 2 aromatic carbocycles. The minimum Gasteiger partial charge on any atom is -0.496 e. The first-order valence-corrected chi connectivity index (χ1v) is 8.55. The van der Waals surface area contributed by atoms with Gasteiger partial charge in [-0.1, -0.05) is 48.9 Å². The molecule has 1 heterocycles. The van der Waals surface area contributed by atoms with Gasteiger partial charge < -0.3 is 9.30 Å². The van der Waals surface area contributed by atoms with Crippen LogP contribution in [0.2, 0.25) is 0 Å². The van der Waals surface area contributed by atoms with Crippen molar-refractivity contribution in [1.29, 1.82) is 0 Å². The number of nitrogens with zero attached hydrogens (tertiary/aromatic N) is 1. The predicted molar refractivity (Wildman–Crippen MR) is 110 cm³/mol. The lowest BCUT2D eigenvalue weighted by atomic mass is 10.0. The van der Waals surface area contributed by atoms with E-state index in [2.05, 4.69) is 59.6 Å². The summed E-state index contributed by atoms with van der Waals surface area (Å²) in [5.41, 5.74) is 6.45. The number of terminal acetylenes is 1. The van der Waals surface area contributed by atoms with Crippen molar-refractivity contribution in [3.8, 4) is 23.8 Å². The Balaban J connectivity index is 2.20. The fraction of sp³-hybridized carbons (Fsp3) is 0.0833. The van der Waals surface area contributed by atoms with E-state index in [1.54, 1.807) is 7.11 Å². The number of hydrogen-bond acceptors (Lipinski definition) is 1. The van der Waals surface area contributed by atoms with Crippen molar-refractivity contribution in [3.63, 3.8) is 0 Å². The van der Waals surface area contributed by atoms with Crippen LogP contribution in [0.1, 0.15) is 16.8 Å². The summed E-state index contributed by atoms with van der Waals surface area (Å²) in [6.07, 6.45) is 14.6. The molecule has 0 spiro atoms. The molecule has 3 aromatic rings. The van der Waals surface area contributed by atoms with Crippen LogP contribution in [0.4, 0.5) is 0 Å². The summed E-state index contributed by atoms with van der Waals surface area (Å²) in [5, 5.41) is 1.15. The first kappa shape index (κ1) is 16.1. The molecule has 0 aliphatic heterocycles. The fourth-order valence-corrected chi connectivity index (χ4v) is 3.65. The summed E-state index contributed by atoms with van der Waals surface area (Å²) < 4.78 is 7.88. The van der Waals surface area contributed by atoms with Crippen LogP contribution in [0.5, 0.6) is 5.75 Å². The van der Waals surface area contributed by atoms with Gasteiger partial charge in [-0.3, -0.25) is 0 Å². The van der Waals surface area contributed by atoms with Crippen molar-refractivity contribution >= 4 is 23.1 Å². The zero-order valence-electron chi connectivity index (χ0n) is 14.7.